The highest BCUT2D eigenvalue weighted by Crippen LogP contribution is 2.46. The number of carbonyl (C=O) groups excluding carboxylic acids is 1. The maximum atomic E-state index is 13.1. The van der Waals surface area contributed by atoms with Crippen molar-refractivity contribution >= 4 is 23.1 Å². The molecule has 0 radical (unpaired) electrons. The smallest absolute Gasteiger partial charge is 0.223 e. The normalized spacial score (nSPS) is 18.4. The van der Waals surface area contributed by atoms with Gasteiger partial charge in [-0.05, 0) is 59.2 Å². The molecule has 0 bridgehead atoms. The summed E-state index contributed by atoms with van der Waals surface area (Å²) in [7, 11) is 0. The van der Waals surface area contributed by atoms with Crippen LogP contribution in [0.3, 0.4) is 0 Å². The van der Waals surface area contributed by atoms with E-state index < -0.39 is 0 Å². The van der Waals surface area contributed by atoms with Crippen LogP contribution in [0.2, 0.25) is 5.02 Å². The lowest BCUT2D eigenvalue weighted by Gasteiger charge is -2.38. The first-order valence-electron chi connectivity index (χ1n) is 10.0. The third-order valence-corrected chi connectivity index (χ3v) is 6.11. The van der Waals surface area contributed by atoms with Crippen LogP contribution in [0.5, 0.6) is 0 Å². The largest absolute Gasteiger partial charge is 0.332 e. The van der Waals surface area contributed by atoms with Crippen LogP contribution in [0.25, 0.3) is 5.57 Å². The van der Waals surface area contributed by atoms with E-state index in [9.17, 15) is 4.79 Å². The Labute approximate surface area is 166 Å². The van der Waals surface area contributed by atoms with Crippen molar-refractivity contribution in [1.82, 2.24) is 4.90 Å². The number of amides is 1. The van der Waals surface area contributed by atoms with Gasteiger partial charge in [-0.2, -0.15) is 0 Å². The van der Waals surface area contributed by atoms with E-state index in [-0.39, 0.29) is 11.9 Å². The minimum absolute atomic E-state index is 0.0348. The zero-order chi connectivity index (χ0) is 18.8. The van der Waals surface area contributed by atoms with E-state index in [1.807, 2.05) is 12.1 Å². The van der Waals surface area contributed by atoms with Crippen molar-refractivity contribution in [3.63, 3.8) is 0 Å². The van der Waals surface area contributed by atoms with Gasteiger partial charge < -0.3 is 4.90 Å². The molecule has 4 rings (SSSR count). The predicted octanol–water partition coefficient (Wildman–Crippen LogP) is 6.20. The van der Waals surface area contributed by atoms with Gasteiger partial charge >= 0.3 is 0 Å². The van der Waals surface area contributed by atoms with Crippen LogP contribution < -0.4 is 0 Å². The number of hydrogen-bond donors (Lipinski definition) is 0. The first kappa shape index (κ1) is 18.3. The fourth-order valence-corrected chi connectivity index (χ4v) is 4.65. The molecule has 3 heteroatoms. The summed E-state index contributed by atoms with van der Waals surface area (Å²) in [6, 6.07) is 16.8. The highest BCUT2D eigenvalue weighted by Gasteiger charge is 2.37. The van der Waals surface area contributed by atoms with Crippen molar-refractivity contribution in [3.05, 3.63) is 75.8 Å². The Balaban J connectivity index is 1.70. The molecule has 1 atom stereocenters. The fraction of sp³-hybridized carbons (Fsp3) is 0.375. The third-order valence-electron chi connectivity index (χ3n) is 5.86. The first-order chi connectivity index (χ1) is 13.2. The van der Waals surface area contributed by atoms with Gasteiger partial charge in [0.05, 0.1) is 6.04 Å². The number of carbonyl (C=O) groups is 1. The van der Waals surface area contributed by atoms with Gasteiger partial charge in [0, 0.05) is 18.0 Å². The lowest BCUT2D eigenvalue weighted by molar-refractivity contribution is -0.133. The molecule has 1 unspecified atom stereocenters. The molecule has 0 N–H and O–H groups in total. The van der Waals surface area contributed by atoms with E-state index in [0.717, 1.165) is 43.7 Å². The molecule has 2 aromatic rings. The molecule has 0 saturated heterocycles. The minimum atomic E-state index is 0.0348. The van der Waals surface area contributed by atoms with Crippen LogP contribution in [-0.2, 0) is 11.2 Å². The standard InChI is InChI=1S/C24H26ClNO/c1-2-3-4-9-23(27)26-15-14-21-20-8-6-5-7-18(20)16-22(21)24(26)17-10-12-19(25)13-11-17/h5-8,10-13,24H,2-4,9,14-16H2,1H3. The van der Waals surface area contributed by atoms with Gasteiger partial charge in [-0.15, -0.1) is 0 Å². The SMILES string of the molecule is CCCCCC(=O)N1CCC2=C(Cc3ccccc32)C1c1ccc(Cl)cc1. The first-order valence-corrected chi connectivity index (χ1v) is 10.4. The number of hydrogen-bond acceptors (Lipinski definition) is 1. The Morgan fingerprint density at radius 1 is 1.11 bits per heavy atom. The summed E-state index contributed by atoms with van der Waals surface area (Å²) in [6.45, 7) is 2.97. The van der Waals surface area contributed by atoms with Crippen molar-refractivity contribution in [2.24, 2.45) is 0 Å². The summed E-state index contributed by atoms with van der Waals surface area (Å²) in [5, 5.41) is 0.735. The molecule has 140 valence electrons. The maximum Gasteiger partial charge on any atom is 0.223 e. The lowest BCUT2D eigenvalue weighted by atomic mass is 9.88. The zero-order valence-corrected chi connectivity index (χ0v) is 16.6. The monoisotopic (exact) mass is 379 g/mol. The summed E-state index contributed by atoms with van der Waals surface area (Å²) in [6.07, 6.45) is 5.77. The number of benzene rings is 2. The average Bonchev–Trinajstić information content (AvgIpc) is 3.07. The molecule has 0 saturated carbocycles. The van der Waals surface area contributed by atoms with Gasteiger partial charge in [-0.1, -0.05) is 67.8 Å². The molecule has 1 amide bonds. The van der Waals surface area contributed by atoms with Gasteiger partial charge in [-0.3, -0.25) is 4.79 Å². The van der Waals surface area contributed by atoms with Gasteiger partial charge in [0.1, 0.15) is 0 Å². The number of unbranched alkanes of at least 4 members (excludes halogenated alkanes) is 2. The predicted molar refractivity (Wildman–Crippen MR) is 112 cm³/mol. The summed E-state index contributed by atoms with van der Waals surface area (Å²) in [5.74, 6) is 0.283. The number of fused-ring (bicyclic) bond motifs is 2. The van der Waals surface area contributed by atoms with Crippen LogP contribution >= 0.6 is 11.6 Å². The van der Waals surface area contributed by atoms with Crippen molar-refractivity contribution in [2.45, 2.75) is 51.5 Å². The van der Waals surface area contributed by atoms with E-state index in [0.29, 0.717) is 6.42 Å². The Bertz CT molecular complexity index is 868. The van der Waals surface area contributed by atoms with Crippen LogP contribution in [0, 0.1) is 0 Å². The van der Waals surface area contributed by atoms with Crippen LogP contribution in [0.1, 0.15) is 61.8 Å². The summed E-state index contributed by atoms with van der Waals surface area (Å²) < 4.78 is 0. The summed E-state index contributed by atoms with van der Waals surface area (Å²) in [4.78, 5) is 15.2. The van der Waals surface area contributed by atoms with Gasteiger partial charge in [-0.25, -0.2) is 0 Å². The van der Waals surface area contributed by atoms with Crippen molar-refractivity contribution < 1.29 is 4.79 Å². The second-order valence-corrected chi connectivity index (χ2v) is 8.02. The van der Waals surface area contributed by atoms with E-state index in [1.165, 1.54) is 27.8 Å². The van der Waals surface area contributed by atoms with E-state index in [4.69, 9.17) is 11.6 Å². The highest BCUT2D eigenvalue weighted by molar-refractivity contribution is 6.30. The van der Waals surface area contributed by atoms with Gasteiger partial charge in [0.25, 0.3) is 0 Å². The lowest BCUT2D eigenvalue weighted by Crippen LogP contribution is -2.39. The molecule has 2 nitrogen and oxygen atoms in total. The molecule has 0 spiro atoms. The van der Waals surface area contributed by atoms with E-state index >= 15 is 0 Å². The summed E-state index contributed by atoms with van der Waals surface area (Å²) in [5.41, 5.74) is 6.78. The molecule has 1 aliphatic heterocycles. The topological polar surface area (TPSA) is 20.3 Å². The summed E-state index contributed by atoms with van der Waals surface area (Å²) >= 11 is 6.13. The minimum Gasteiger partial charge on any atom is -0.332 e. The van der Waals surface area contributed by atoms with Crippen molar-refractivity contribution in [3.8, 4) is 0 Å². The van der Waals surface area contributed by atoms with Gasteiger partial charge in [0.2, 0.25) is 5.91 Å². The Kier molecular flexibility index (Phi) is 5.36. The fourth-order valence-electron chi connectivity index (χ4n) is 4.52. The second-order valence-electron chi connectivity index (χ2n) is 7.59. The van der Waals surface area contributed by atoms with Gasteiger partial charge in [0.15, 0.2) is 0 Å². The number of rotatable bonds is 5. The Hall–Kier alpha value is -2.06. The maximum absolute atomic E-state index is 13.1. The van der Waals surface area contributed by atoms with Crippen molar-refractivity contribution in [1.29, 1.82) is 0 Å². The molecule has 2 aromatic carbocycles. The van der Waals surface area contributed by atoms with E-state index in [1.54, 1.807) is 0 Å². The third kappa shape index (κ3) is 3.55. The van der Waals surface area contributed by atoms with Crippen molar-refractivity contribution in [2.75, 3.05) is 6.54 Å². The molecule has 27 heavy (non-hydrogen) atoms. The molecular formula is C24H26ClNO. The molecule has 1 aliphatic carbocycles. The van der Waals surface area contributed by atoms with E-state index in [2.05, 4.69) is 48.2 Å². The highest BCUT2D eigenvalue weighted by atomic mass is 35.5. The quantitative estimate of drug-likeness (QED) is 0.566. The molecule has 2 aliphatic rings. The van der Waals surface area contributed by atoms with Crippen LogP contribution in [0.4, 0.5) is 0 Å². The second kappa shape index (κ2) is 7.90. The Morgan fingerprint density at radius 2 is 1.89 bits per heavy atom. The number of nitrogens with zero attached hydrogens (tertiary/aromatic N) is 1. The number of halogens is 1. The molecule has 0 fully saturated rings. The average molecular weight is 380 g/mol. The van der Waals surface area contributed by atoms with Crippen LogP contribution in [-0.4, -0.2) is 17.4 Å². The molecular weight excluding hydrogens is 354 g/mol. The molecule has 0 aromatic heterocycles. The Morgan fingerprint density at radius 3 is 2.67 bits per heavy atom. The van der Waals surface area contributed by atoms with Crippen LogP contribution in [0.15, 0.2) is 54.1 Å². The zero-order valence-electron chi connectivity index (χ0n) is 15.9. The molecule has 1 heterocycles.